The van der Waals surface area contributed by atoms with Crippen LogP contribution < -0.4 is 0 Å². The minimum absolute atomic E-state index is 0.135. The van der Waals surface area contributed by atoms with Crippen LogP contribution in [0, 0.1) is 0 Å². The lowest BCUT2D eigenvalue weighted by Crippen LogP contribution is -2.33. The predicted octanol–water partition coefficient (Wildman–Crippen LogP) is 2.97. The smallest absolute Gasteiger partial charge is 0.0749 e. The molecule has 0 aromatic heterocycles. The summed E-state index contributed by atoms with van der Waals surface area (Å²) in [5, 5.41) is 10.1. The van der Waals surface area contributed by atoms with E-state index in [9.17, 15) is 5.11 Å². The Balaban J connectivity index is 2.34. The molecule has 88 valence electrons. The standard InChI is InChI=1S/C13H18BrNO/c1-9(2)15-8-7-12(16)13(15)10-5-3-4-6-11(10)14/h3-6,9,12-13,16H,7-8H2,1-2H3. The molecular formula is C13H18BrNO. The number of benzene rings is 1. The number of rotatable bonds is 2. The first-order valence-corrected chi connectivity index (χ1v) is 6.59. The van der Waals surface area contributed by atoms with Crippen molar-refractivity contribution >= 4 is 15.9 Å². The molecule has 0 spiro atoms. The maximum atomic E-state index is 10.1. The van der Waals surface area contributed by atoms with Gasteiger partial charge in [-0.15, -0.1) is 0 Å². The molecule has 1 heterocycles. The van der Waals surface area contributed by atoms with E-state index >= 15 is 0 Å². The minimum atomic E-state index is -0.249. The second-order valence-electron chi connectivity index (χ2n) is 4.65. The Morgan fingerprint density at radius 3 is 2.69 bits per heavy atom. The molecular weight excluding hydrogens is 266 g/mol. The van der Waals surface area contributed by atoms with Crippen molar-refractivity contribution in [1.29, 1.82) is 0 Å². The first-order valence-electron chi connectivity index (χ1n) is 5.79. The lowest BCUT2D eigenvalue weighted by Gasteiger charge is -2.30. The third kappa shape index (κ3) is 2.17. The van der Waals surface area contributed by atoms with Gasteiger partial charge in [0.2, 0.25) is 0 Å². The Labute approximate surface area is 105 Å². The second kappa shape index (κ2) is 4.86. The van der Waals surface area contributed by atoms with Crippen LogP contribution in [0.5, 0.6) is 0 Å². The largest absolute Gasteiger partial charge is 0.391 e. The van der Waals surface area contributed by atoms with Crippen molar-refractivity contribution < 1.29 is 5.11 Å². The number of aliphatic hydroxyl groups is 1. The third-order valence-corrected chi connectivity index (χ3v) is 4.01. The van der Waals surface area contributed by atoms with Crippen molar-refractivity contribution in [2.75, 3.05) is 6.54 Å². The van der Waals surface area contributed by atoms with E-state index in [1.165, 1.54) is 5.56 Å². The highest BCUT2D eigenvalue weighted by atomic mass is 79.9. The number of nitrogens with zero attached hydrogens (tertiary/aromatic N) is 1. The van der Waals surface area contributed by atoms with E-state index in [4.69, 9.17) is 0 Å². The van der Waals surface area contributed by atoms with Gasteiger partial charge in [-0.25, -0.2) is 0 Å². The van der Waals surface area contributed by atoms with Crippen molar-refractivity contribution in [1.82, 2.24) is 4.90 Å². The molecule has 0 radical (unpaired) electrons. The normalized spacial score (nSPS) is 26.6. The summed E-state index contributed by atoms with van der Waals surface area (Å²) in [6.45, 7) is 5.34. The van der Waals surface area contributed by atoms with E-state index < -0.39 is 0 Å². The van der Waals surface area contributed by atoms with Gasteiger partial charge in [-0.3, -0.25) is 4.90 Å². The van der Waals surface area contributed by atoms with Gasteiger partial charge in [0.15, 0.2) is 0 Å². The van der Waals surface area contributed by atoms with E-state index in [1.807, 2.05) is 18.2 Å². The van der Waals surface area contributed by atoms with Gasteiger partial charge >= 0.3 is 0 Å². The van der Waals surface area contributed by atoms with E-state index in [0.717, 1.165) is 17.4 Å². The topological polar surface area (TPSA) is 23.5 Å². The maximum absolute atomic E-state index is 10.1. The molecule has 1 aromatic carbocycles. The summed E-state index contributed by atoms with van der Waals surface area (Å²) in [5.74, 6) is 0. The number of aliphatic hydroxyl groups excluding tert-OH is 1. The van der Waals surface area contributed by atoms with E-state index in [0.29, 0.717) is 6.04 Å². The summed E-state index contributed by atoms with van der Waals surface area (Å²) in [5.41, 5.74) is 1.20. The van der Waals surface area contributed by atoms with Gasteiger partial charge in [-0.2, -0.15) is 0 Å². The molecule has 2 rings (SSSR count). The van der Waals surface area contributed by atoms with Crippen LogP contribution in [0.1, 0.15) is 31.9 Å². The highest BCUT2D eigenvalue weighted by Gasteiger charge is 2.36. The summed E-state index contributed by atoms with van der Waals surface area (Å²) in [4.78, 5) is 2.37. The molecule has 1 aliphatic rings. The van der Waals surface area contributed by atoms with E-state index in [2.05, 4.69) is 40.7 Å². The van der Waals surface area contributed by atoms with Gasteiger partial charge in [-0.05, 0) is 31.9 Å². The van der Waals surface area contributed by atoms with Crippen LogP contribution in [0.2, 0.25) is 0 Å². The molecule has 2 nitrogen and oxygen atoms in total. The number of hydrogen-bond acceptors (Lipinski definition) is 2. The first-order chi connectivity index (χ1) is 7.61. The Hall–Kier alpha value is -0.380. The SMILES string of the molecule is CC(C)N1CCC(O)C1c1ccccc1Br. The Morgan fingerprint density at radius 2 is 2.06 bits per heavy atom. The van der Waals surface area contributed by atoms with Crippen molar-refractivity contribution in [2.24, 2.45) is 0 Å². The second-order valence-corrected chi connectivity index (χ2v) is 5.51. The van der Waals surface area contributed by atoms with Crippen molar-refractivity contribution in [3.8, 4) is 0 Å². The van der Waals surface area contributed by atoms with E-state index in [1.54, 1.807) is 0 Å². The number of likely N-dealkylation sites (tertiary alicyclic amines) is 1. The van der Waals surface area contributed by atoms with Gasteiger partial charge in [0, 0.05) is 17.1 Å². The monoisotopic (exact) mass is 283 g/mol. The van der Waals surface area contributed by atoms with Crippen molar-refractivity contribution in [2.45, 2.75) is 38.5 Å². The first kappa shape index (κ1) is 12.1. The molecule has 0 amide bonds. The van der Waals surface area contributed by atoms with Crippen molar-refractivity contribution in [3.05, 3.63) is 34.3 Å². The fraction of sp³-hybridized carbons (Fsp3) is 0.538. The zero-order valence-corrected chi connectivity index (χ0v) is 11.3. The average Bonchev–Trinajstić information content (AvgIpc) is 2.61. The fourth-order valence-corrected chi connectivity index (χ4v) is 3.00. The minimum Gasteiger partial charge on any atom is -0.391 e. The molecule has 1 aromatic rings. The Bertz CT molecular complexity index is 367. The van der Waals surface area contributed by atoms with Gasteiger partial charge in [0.25, 0.3) is 0 Å². The summed E-state index contributed by atoms with van der Waals surface area (Å²) in [7, 11) is 0. The fourth-order valence-electron chi connectivity index (χ4n) is 2.48. The highest BCUT2D eigenvalue weighted by Crippen LogP contribution is 2.37. The van der Waals surface area contributed by atoms with Gasteiger partial charge < -0.3 is 5.11 Å². The number of halogens is 1. The lowest BCUT2D eigenvalue weighted by atomic mass is 10.0. The maximum Gasteiger partial charge on any atom is 0.0749 e. The van der Waals surface area contributed by atoms with Crippen molar-refractivity contribution in [3.63, 3.8) is 0 Å². The summed E-state index contributed by atoms with van der Waals surface area (Å²) in [6, 6.07) is 8.78. The zero-order valence-electron chi connectivity index (χ0n) is 9.73. The van der Waals surface area contributed by atoms with Crippen LogP contribution in [0.15, 0.2) is 28.7 Å². The highest BCUT2D eigenvalue weighted by molar-refractivity contribution is 9.10. The van der Waals surface area contributed by atoms with Gasteiger partial charge in [-0.1, -0.05) is 34.1 Å². The van der Waals surface area contributed by atoms with Crippen LogP contribution in [-0.2, 0) is 0 Å². The van der Waals surface area contributed by atoms with Crippen LogP contribution in [-0.4, -0.2) is 28.7 Å². The molecule has 1 aliphatic heterocycles. The third-order valence-electron chi connectivity index (χ3n) is 3.29. The molecule has 1 fully saturated rings. The molecule has 3 heteroatoms. The summed E-state index contributed by atoms with van der Waals surface area (Å²) >= 11 is 3.57. The van der Waals surface area contributed by atoms with Crippen LogP contribution >= 0.6 is 15.9 Å². The summed E-state index contributed by atoms with van der Waals surface area (Å²) < 4.78 is 1.09. The molecule has 0 saturated carbocycles. The zero-order chi connectivity index (χ0) is 11.7. The van der Waals surface area contributed by atoms with Crippen LogP contribution in [0.4, 0.5) is 0 Å². The molecule has 0 aliphatic carbocycles. The Morgan fingerprint density at radius 1 is 1.38 bits per heavy atom. The molecule has 2 unspecified atom stereocenters. The van der Waals surface area contributed by atoms with Crippen LogP contribution in [0.3, 0.4) is 0 Å². The lowest BCUT2D eigenvalue weighted by molar-refractivity contribution is 0.100. The molecule has 1 saturated heterocycles. The molecule has 2 atom stereocenters. The van der Waals surface area contributed by atoms with Crippen LogP contribution in [0.25, 0.3) is 0 Å². The number of hydrogen-bond donors (Lipinski definition) is 1. The van der Waals surface area contributed by atoms with E-state index in [-0.39, 0.29) is 12.1 Å². The Kier molecular flexibility index (Phi) is 3.67. The molecule has 0 bridgehead atoms. The van der Waals surface area contributed by atoms with Gasteiger partial charge in [0.05, 0.1) is 12.1 Å². The average molecular weight is 284 g/mol. The quantitative estimate of drug-likeness (QED) is 0.902. The molecule has 1 N–H and O–H groups in total. The summed E-state index contributed by atoms with van der Waals surface area (Å²) in [6.07, 6.45) is 0.616. The predicted molar refractivity (Wildman–Crippen MR) is 69.3 cm³/mol. The van der Waals surface area contributed by atoms with Gasteiger partial charge in [0.1, 0.15) is 0 Å². The molecule has 16 heavy (non-hydrogen) atoms.